The third kappa shape index (κ3) is 3.11. The molecule has 5 nitrogen and oxygen atoms in total. The van der Waals surface area contributed by atoms with Gasteiger partial charge in [0, 0.05) is 19.1 Å². The van der Waals surface area contributed by atoms with Gasteiger partial charge in [-0.05, 0) is 13.3 Å². The van der Waals surface area contributed by atoms with Crippen LogP contribution < -0.4 is 5.32 Å². The van der Waals surface area contributed by atoms with Crippen molar-refractivity contribution in [1.29, 1.82) is 0 Å². The van der Waals surface area contributed by atoms with Crippen molar-refractivity contribution in [2.24, 2.45) is 5.92 Å². The quantitative estimate of drug-likeness (QED) is 0.730. The lowest BCUT2D eigenvalue weighted by Gasteiger charge is -2.37. The number of nitrogens with zero attached hydrogens (tertiary/aromatic N) is 1. The van der Waals surface area contributed by atoms with Crippen LogP contribution in [0.15, 0.2) is 0 Å². The Bertz CT molecular complexity index is 249. The molecule has 0 radical (unpaired) electrons. The number of urea groups is 1. The summed E-state index contributed by atoms with van der Waals surface area (Å²) in [6.45, 7) is 4.68. The molecule has 0 bridgehead atoms. The van der Waals surface area contributed by atoms with E-state index in [4.69, 9.17) is 5.11 Å². The second kappa shape index (κ2) is 5.00. The van der Waals surface area contributed by atoms with E-state index in [1.165, 1.54) is 4.90 Å². The molecule has 1 saturated heterocycles. The SMILES string of the molecule is CCCC(C)NC(=O)N1CC(C(=O)O)C1. The summed E-state index contributed by atoms with van der Waals surface area (Å²) in [5.41, 5.74) is 0. The average molecular weight is 214 g/mol. The molecular formula is C10H18N2O3. The van der Waals surface area contributed by atoms with E-state index in [1.807, 2.05) is 6.92 Å². The molecule has 1 aliphatic rings. The van der Waals surface area contributed by atoms with E-state index in [1.54, 1.807) is 0 Å². The Kier molecular flexibility index (Phi) is 3.94. The molecule has 1 atom stereocenters. The fourth-order valence-electron chi connectivity index (χ4n) is 1.61. The van der Waals surface area contributed by atoms with E-state index in [0.29, 0.717) is 13.1 Å². The second-order valence-electron chi connectivity index (χ2n) is 4.08. The zero-order chi connectivity index (χ0) is 11.4. The zero-order valence-corrected chi connectivity index (χ0v) is 9.19. The number of aliphatic carboxylic acids is 1. The maximum atomic E-state index is 11.5. The fourth-order valence-corrected chi connectivity index (χ4v) is 1.61. The zero-order valence-electron chi connectivity index (χ0n) is 9.19. The normalized spacial score (nSPS) is 18.1. The highest BCUT2D eigenvalue weighted by molar-refractivity contribution is 5.79. The summed E-state index contributed by atoms with van der Waals surface area (Å²) in [7, 11) is 0. The van der Waals surface area contributed by atoms with Gasteiger partial charge in [-0.25, -0.2) is 4.79 Å². The molecular weight excluding hydrogens is 196 g/mol. The predicted octanol–water partition coefficient (Wildman–Crippen LogP) is 0.901. The second-order valence-corrected chi connectivity index (χ2v) is 4.08. The van der Waals surface area contributed by atoms with Crippen LogP contribution in [0.1, 0.15) is 26.7 Å². The maximum Gasteiger partial charge on any atom is 0.317 e. The third-order valence-corrected chi connectivity index (χ3v) is 2.61. The summed E-state index contributed by atoms with van der Waals surface area (Å²) in [6.07, 6.45) is 1.97. The van der Waals surface area contributed by atoms with Gasteiger partial charge in [0.15, 0.2) is 0 Å². The van der Waals surface area contributed by atoms with Crippen molar-refractivity contribution in [1.82, 2.24) is 10.2 Å². The first-order valence-electron chi connectivity index (χ1n) is 5.32. The lowest BCUT2D eigenvalue weighted by atomic mass is 10.0. The van der Waals surface area contributed by atoms with Crippen LogP contribution in [0.25, 0.3) is 0 Å². The summed E-state index contributed by atoms with van der Waals surface area (Å²) >= 11 is 0. The number of carbonyl (C=O) groups is 2. The topological polar surface area (TPSA) is 69.6 Å². The van der Waals surface area contributed by atoms with E-state index in [2.05, 4.69) is 12.2 Å². The van der Waals surface area contributed by atoms with Crippen molar-refractivity contribution in [3.05, 3.63) is 0 Å². The van der Waals surface area contributed by atoms with E-state index in [-0.39, 0.29) is 18.0 Å². The first kappa shape index (κ1) is 11.8. The van der Waals surface area contributed by atoms with Crippen LogP contribution >= 0.6 is 0 Å². The minimum absolute atomic E-state index is 0.145. The van der Waals surface area contributed by atoms with Crippen molar-refractivity contribution in [3.8, 4) is 0 Å². The van der Waals surface area contributed by atoms with Gasteiger partial charge < -0.3 is 15.3 Å². The molecule has 2 N–H and O–H groups in total. The van der Waals surface area contributed by atoms with Crippen LogP contribution in [0.2, 0.25) is 0 Å². The van der Waals surface area contributed by atoms with Gasteiger partial charge in [-0.15, -0.1) is 0 Å². The number of carbonyl (C=O) groups excluding carboxylic acids is 1. The molecule has 0 aromatic carbocycles. The molecule has 2 amide bonds. The summed E-state index contributed by atoms with van der Waals surface area (Å²) in [6, 6.07) is 0.0137. The highest BCUT2D eigenvalue weighted by atomic mass is 16.4. The Balaban J connectivity index is 2.23. The first-order chi connectivity index (χ1) is 7.04. The fraction of sp³-hybridized carbons (Fsp3) is 0.800. The molecule has 0 aliphatic carbocycles. The molecule has 1 aliphatic heterocycles. The summed E-state index contributed by atoms with van der Waals surface area (Å²) in [5.74, 6) is -1.20. The van der Waals surface area contributed by atoms with Gasteiger partial charge in [0.05, 0.1) is 5.92 Å². The van der Waals surface area contributed by atoms with Crippen LogP contribution in [-0.2, 0) is 4.79 Å². The standard InChI is InChI=1S/C10H18N2O3/c1-3-4-7(2)11-10(15)12-5-8(6-12)9(13)14/h7-8H,3-6H2,1-2H3,(H,11,15)(H,13,14). The monoisotopic (exact) mass is 214 g/mol. The van der Waals surface area contributed by atoms with Crippen LogP contribution in [0.4, 0.5) is 4.79 Å². The van der Waals surface area contributed by atoms with Gasteiger partial charge in [-0.3, -0.25) is 4.79 Å². The molecule has 1 rings (SSSR count). The molecule has 1 unspecified atom stereocenters. The van der Waals surface area contributed by atoms with Crippen molar-refractivity contribution < 1.29 is 14.7 Å². The molecule has 5 heteroatoms. The van der Waals surface area contributed by atoms with Crippen LogP contribution in [0.5, 0.6) is 0 Å². The van der Waals surface area contributed by atoms with Crippen molar-refractivity contribution in [2.45, 2.75) is 32.7 Å². The Morgan fingerprint density at radius 1 is 1.53 bits per heavy atom. The van der Waals surface area contributed by atoms with Crippen molar-refractivity contribution in [3.63, 3.8) is 0 Å². The number of likely N-dealkylation sites (tertiary alicyclic amines) is 1. The summed E-state index contributed by atoms with van der Waals surface area (Å²) in [4.78, 5) is 23.5. The molecule has 0 saturated carbocycles. The Hall–Kier alpha value is -1.26. The van der Waals surface area contributed by atoms with Crippen LogP contribution in [0, 0.1) is 5.92 Å². The Morgan fingerprint density at radius 3 is 2.60 bits per heavy atom. The largest absolute Gasteiger partial charge is 0.481 e. The number of hydrogen-bond donors (Lipinski definition) is 2. The van der Waals surface area contributed by atoms with Gasteiger partial charge in [0.25, 0.3) is 0 Å². The number of nitrogens with one attached hydrogen (secondary N) is 1. The molecule has 1 heterocycles. The molecule has 86 valence electrons. The van der Waals surface area contributed by atoms with E-state index < -0.39 is 5.97 Å². The molecule has 1 fully saturated rings. The van der Waals surface area contributed by atoms with Crippen molar-refractivity contribution >= 4 is 12.0 Å². The highest BCUT2D eigenvalue weighted by Gasteiger charge is 2.35. The smallest absolute Gasteiger partial charge is 0.317 e. The van der Waals surface area contributed by atoms with E-state index >= 15 is 0 Å². The summed E-state index contributed by atoms with van der Waals surface area (Å²) < 4.78 is 0. The Labute approximate surface area is 89.4 Å². The van der Waals surface area contributed by atoms with E-state index in [9.17, 15) is 9.59 Å². The van der Waals surface area contributed by atoms with Gasteiger partial charge in [-0.2, -0.15) is 0 Å². The number of carboxylic acids is 1. The Morgan fingerprint density at radius 2 is 2.13 bits per heavy atom. The highest BCUT2D eigenvalue weighted by Crippen LogP contribution is 2.15. The summed E-state index contributed by atoms with van der Waals surface area (Å²) in [5, 5.41) is 11.5. The number of hydrogen-bond acceptors (Lipinski definition) is 2. The third-order valence-electron chi connectivity index (χ3n) is 2.61. The lowest BCUT2D eigenvalue weighted by molar-refractivity contribution is -0.146. The van der Waals surface area contributed by atoms with Crippen LogP contribution in [-0.4, -0.2) is 41.1 Å². The molecule has 15 heavy (non-hydrogen) atoms. The van der Waals surface area contributed by atoms with Gasteiger partial charge >= 0.3 is 12.0 Å². The molecule has 0 spiro atoms. The first-order valence-corrected chi connectivity index (χ1v) is 5.32. The van der Waals surface area contributed by atoms with Crippen molar-refractivity contribution in [2.75, 3.05) is 13.1 Å². The number of carboxylic acid groups (broad SMARTS) is 1. The maximum absolute atomic E-state index is 11.5. The van der Waals surface area contributed by atoms with Gasteiger partial charge in [0.2, 0.25) is 0 Å². The van der Waals surface area contributed by atoms with Crippen LogP contribution in [0.3, 0.4) is 0 Å². The van der Waals surface area contributed by atoms with E-state index in [0.717, 1.165) is 12.8 Å². The average Bonchev–Trinajstić information content (AvgIpc) is 1.99. The minimum atomic E-state index is -0.819. The number of rotatable bonds is 4. The molecule has 0 aromatic heterocycles. The molecule has 0 aromatic rings. The lowest BCUT2D eigenvalue weighted by Crippen LogP contribution is -2.57. The van der Waals surface area contributed by atoms with Gasteiger partial charge in [-0.1, -0.05) is 13.3 Å². The number of amides is 2. The van der Waals surface area contributed by atoms with Gasteiger partial charge in [0.1, 0.15) is 0 Å². The predicted molar refractivity (Wildman–Crippen MR) is 55.6 cm³/mol. The minimum Gasteiger partial charge on any atom is -0.481 e.